The van der Waals surface area contributed by atoms with Crippen LogP contribution in [0.25, 0.3) is 20.2 Å². The largest absolute Gasteiger partial charge is 0.489 e. The lowest BCUT2D eigenvalue weighted by Crippen LogP contribution is -2.34. The molecule has 0 N–H and O–H groups in total. The number of carbonyl (C=O) groups excluding carboxylic acids is 2. The fourth-order valence-electron chi connectivity index (χ4n) is 4.12. The van der Waals surface area contributed by atoms with Crippen LogP contribution in [0.3, 0.4) is 0 Å². The van der Waals surface area contributed by atoms with Crippen LogP contribution in [0.15, 0.2) is 53.8 Å². The third-order valence-corrected chi connectivity index (χ3v) is 7.48. The normalized spacial score (nSPS) is 13.3. The second kappa shape index (κ2) is 20.7. The van der Waals surface area contributed by atoms with Crippen molar-refractivity contribution in [1.29, 1.82) is 0 Å². The van der Waals surface area contributed by atoms with Crippen LogP contribution in [0.1, 0.15) is 20.8 Å². The minimum absolute atomic E-state index is 0.0146. The zero-order chi connectivity index (χ0) is 34.0. The maximum atomic E-state index is 14.8. The monoisotopic (exact) mass is 680 g/mol. The van der Waals surface area contributed by atoms with Gasteiger partial charge in [0.25, 0.3) is 0 Å². The minimum atomic E-state index is -0.693. The molecule has 0 aliphatic carbocycles. The van der Waals surface area contributed by atoms with E-state index in [-0.39, 0.29) is 77.4 Å². The summed E-state index contributed by atoms with van der Waals surface area (Å²) in [6.45, 7) is 9.76. The number of fused-ring (bicyclic) bond motifs is 2. The first-order chi connectivity index (χ1) is 22.7. The first kappa shape index (κ1) is 38.0. The van der Waals surface area contributed by atoms with Gasteiger partial charge in [0.2, 0.25) is 0 Å². The Morgan fingerprint density at radius 3 is 2.21 bits per heavy atom. The third-order valence-electron chi connectivity index (χ3n) is 6.30. The van der Waals surface area contributed by atoms with Crippen molar-refractivity contribution < 1.29 is 56.6 Å². The van der Waals surface area contributed by atoms with Crippen LogP contribution in [0.4, 0.5) is 4.39 Å². The Labute approximate surface area is 276 Å². The molecule has 47 heavy (non-hydrogen) atoms. The summed E-state index contributed by atoms with van der Waals surface area (Å²) < 4.78 is 65.7. The predicted molar refractivity (Wildman–Crippen MR) is 172 cm³/mol. The molecule has 0 aliphatic rings. The summed E-state index contributed by atoms with van der Waals surface area (Å²) in [7, 11) is 0. The Kier molecular flexibility index (Phi) is 16.7. The molecule has 0 bridgehead atoms. The van der Waals surface area contributed by atoms with Crippen LogP contribution >= 0.6 is 11.3 Å². The summed E-state index contributed by atoms with van der Waals surface area (Å²) in [5, 5.41) is 0.403. The number of carbonyl (C=O) groups is 2. The first-order valence-corrected chi connectivity index (χ1v) is 15.9. The SMILES string of the molecule is C=CC(=O)OCCOCCOC(C)OC(COc1ccc(F)c2c(=O)c3ccccc3sc12)COC(C)OCCOCCOC(C)=O. The number of hydrogen-bond donors (Lipinski definition) is 0. The van der Waals surface area contributed by atoms with E-state index < -0.39 is 35.9 Å². The molecule has 14 heteroatoms. The summed E-state index contributed by atoms with van der Waals surface area (Å²) in [5.74, 6) is -1.19. The number of halogens is 1. The van der Waals surface area contributed by atoms with Gasteiger partial charge in [-0.15, -0.1) is 11.3 Å². The molecule has 0 saturated carbocycles. The predicted octanol–water partition coefficient (Wildman–Crippen LogP) is 4.39. The van der Waals surface area contributed by atoms with Gasteiger partial charge in [-0.2, -0.15) is 0 Å². The van der Waals surface area contributed by atoms with Crippen molar-refractivity contribution in [2.75, 3.05) is 66.1 Å². The van der Waals surface area contributed by atoms with Crippen molar-refractivity contribution in [2.24, 2.45) is 0 Å². The average molecular weight is 681 g/mol. The van der Waals surface area contributed by atoms with Crippen molar-refractivity contribution in [2.45, 2.75) is 39.5 Å². The number of benzene rings is 2. The zero-order valence-electron chi connectivity index (χ0n) is 26.7. The topological polar surface area (TPSA) is 134 Å². The molecule has 0 fully saturated rings. The summed E-state index contributed by atoms with van der Waals surface area (Å²) in [5.41, 5.74) is -0.405. The lowest BCUT2D eigenvalue weighted by Gasteiger charge is -2.24. The Hall–Kier alpha value is -3.50. The molecule has 2 aromatic carbocycles. The van der Waals surface area contributed by atoms with Gasteiger partial charge in [0.05, 0.1) is 56.3 Å². The Bertz CT molecular complexity index is 1500. The molecule has 0 radical (unpaired) electrons. The fraction of sp³-hybridized carbons (Fsp3) is 0.485. The van der Waals surface area contributed by atoms with E-state index in [9.17, 15) is 18.8 Å². The highest BCUT2D eigenvalue weighted by molar-refractivity contribution is 7.24. The van der Waals surface area contributed by atoms with Gasteiger partial charge in [-0.3, -0.25) is 9.59 Å². The summed E-state index contributed by atoms with van der Waals surface area (Å²) in [6, 6.07) is 9.72. The molecule has 12 nitrogen and oxygen atoms in total. The van der Waals surface area contributed by atoms with Crippen LogP contribution in [0.5, 0.6) is 5.75 Å². The van der Waals surface area contributed by atoms with Gasteiger partial charge < -0.3 is 42.6 Å². The second-order valence-corrected chi connectivity index (χ2v) is 10.9. The molecule has 258 valence electrons. The van der Waals surface area contributed by atoms with Crippen molar-refractivity contribution >= 4 is 43.4 Å². The van der Waals surface area contributed by atoms with Crippen molar-refractivity contribution in [3.8, 4) is 5.75 Å². The van der Waals surface area contributed by atoms with Crippen LogP contribution in [0, 0.1) is 5.82 Å². The standard InChI is InChI=1S/C33H41FO12S/c1-5-30(36)43-19-15-39-14-18-42-24(4)46-25(20-44-23(3)41-17-13-38-12-16-40-22(2)35)21-45-28-11-10-27(34)31-32(37)26-8-6-7-9-29(26)47-33(28)31/h5-11,23-25H,1,12-21H2,2-4H3. The summed E-state index contributed by atoms with van der Waals surface area (Å²) in [4.78, 5) is 35.0. The van der Waals surface area contributed by atoms with E-state index in [1.54, 1.807) is 32.0 Å². The maximum Gasteiger partial charge on any atom is 0.330 e. The van der Waals surface area contributed by atoms with E-state index in [0.717, 1.165) is 6.08 Å². The van der Waals surface area contributed by atoms with Gasteiger partial charge in [0, 0.05) is 23.1 Å². The zero-order valence-corrected chi connectivity index (χ0v) is 27.6. The molecule has 3 aromatic rings. The maximum absolute atomic E-state index is 14.8. The van der Waals surface area contributed by atoms with E-state index in [0.29, 0.717) is 20.5 Å². The molecular weight excluding hydrogens is 639 g/mol. The van der Waals surface area contributed by atoms with E-state index in [2.05, 4.69) is 6.58 Å². The fourth-order valence-corrected chi connectivity index (χ4v) is 5.28. The summed E-state index contributed by atoms with van der Waals surface area (Å²) in [6.07, 6.45) is -0.902. The van der Waals surface area contributed by atoms with Crippen LogP contribution in [0.2, 0.25) is 0 Å². The number of esters is 2. The molecule has 3 rings (SSSR count). The van der Waals surface area contributed by atoms with E-state index >= 15 is 0 Å². The molecule has 1 aromatic heterocycles. The minimum Gasteiger partial charge on any atom is -0.489 e. The van der Waals surface area contributed by atoms with E-state index in [1.807, 2.05) is 6.07 Å². The number of hydrogen-bond acceptors (Lipinski definition) is 13. The highest BCUT2D eigenvalue weighted by Gasteiger charge is 2.20. The molecule has 0 spiro atoms. The van der Waals surface area contributed by atoms with Gasteiger partial charge in [-0.05, 0) is 38.1 Å². The Morgan fingerprint density at radius 1 is 0.851 bits per heavy atom. The molecular formula is C33H41FO12S. The lowest BCUT2D eigenvalue weighted by molar-refractivity contribution is -0.208. The molecule has 0 amide bonds. The number of rotatable bonds is 23. The van der Waals surface area contributed by atoms with Crippen LogP contribution in [-0.4, -0.2) is 96.7 Å². The van der Waals surface area contributed by atoms with E-state index in [1.165, 1.54) is 30.4 Å². The van der Waals surface area contributed by atoms with Gasteiger partial charge in [-0.25, -0.2) is 9.18 Å². The quantitative estimate of drug-likeness (QED) is 0.0463. The van der Waals surface area contributed by atoms with Gasteiger partial charge in [0.15, 0.2) is 18.0 Å². The van der Waals surface area contributed by atoms with Crippen LogP contribution in [-0.2, 0) is 47.5 Å². The highest BCUT2D eigenvalue weighted by atomic mass is 32.1. The smallest absolute Gasteiger partial charge is 0.330 e. The van der Waals surface area contributed by atoms with Crippen molar-refractivity contribution in [1.82, 2.24) is 0 Å². The molecule has 1 heterocycles. The number of ether oxygens (including phenoxy) is 9. The molecule has 0 aliphatic heterocycles. The molecule has 3 atom stereocenters. The second-order valence-electron chi connectivity index (χ2n) is 9.89. The first-order valence-electron chi connectivity index (χ1n) is 15.0. The molecule has 3 unspecified atom stereocenters. The van der Waals surface area contributed by atoms with Gasteiger partial charge >= 0.3 is 11.9 Å². The van der Waals surface area contributed by atoms with Gasteiger partial charge in [-0.1, -0.05) is 18.7 Å². The molecule has 0 saturated heterocycles. The van der Waals surface area contributed by atoms with E-state index in [4.69, 9.17) is 42.6 Å². The highest BCUT2D eigenvalue weighted by Crippen LogP contribution is 2.33. The third kappa shape index (κ3) is 13.3. The van der Waals surface area contributed by atoms with Crippen LogP contribution < -0.4 is 10.2 Å². The Morgan fingerprint density at radius 2 is 1.51 bits per heavy atom. The lowest BCUT2D eigenvalue weighted by atomic mass is 10.1. The average Bonchev–Trinajstić information content (AvgIpc) is 3.05. The Balaban J connectivity index is 1.58. The van der Waals surface area contributed by atoms with Crippen molar-refractivity contribution in [3.05, 3.63) is 65.1 Å². The summed E-state index contributed by atoms with van der Waals surface area (Å²) >= 11 is 1.26. The van der Waals surface area contributed by atoms with Crippen molar-refractivity contribution in [3.63, 3.8) is 0 Å². The van der Waals surface area contributed by atoms with Gasteiger partial charge in [0.1, 0.15) is 37.5 Å².